The van der Waals surface area contributed by atoms with E-state index < -0.39 is 0 Å². The van der Waals surface area contributed by atoms with Gasteiger partial charge in [-0.05, 0) is 18.2 Å². The zero-order valence-electron chi connectivity index (χ0n) is 10.3. The van der Waals surface area contributed by atoms with Gasteiger partial charge in [-0.2, -0.15) is 0 Å². The lowest BCUT2D eigenvalue weighted by atomic mass is 10.1. The summed E-state index contributed by atoms with van der Waals surface area (Å²) in [5.74, 6) is 0.314. The van der Waals surface area contributed by atoms with Crippen molar-refractivity contribution in [2.24, 2.45) is 5.73 Å². The van der Waals surface area contributed by atoms with E-state index in [9.17, 15) is 4.79 Å². The summed E-state index contributed by atoms with van der Waals surface area (Å²) in [7, 11) is 0. The molecule has 2 aromatic rings. The van der Waals surface area contributed by atoms with E-state index in [1.54, 1.807) is 12.1 Å². The highest BCUT2D eigenvalue weighted by atomic mass is 32.1. The first-order chi connectivity index (χ1) is 9.61. The molecule has 102 valence electrons. The summed E-state index contributed by atoms with van der Waals surface area (Å²) >= 11 is 1.35. The molecular weight excluding hydrogens is 278 g/mol. The lowest BCUT2D eigenvalue weighted by Gasteiger charge is -2.18. The van der Waals surface area contributed by atoms with E-state index in [0.29, 0.717) is 16.6 Å². The van der Waals surface area contributed by atoms with Crippen molar-refractivity contribution in [3.63, 3.8) is 0 Å². The Morgan fingerprint density at radius 2 is 2.40 bits per heavy atom. The van der Waals surface area contributed by atoms with E-state index >= 15 is 0 Å². The third kappa shape index (κ3) is 2.41. The van der Waals surface area contributed by atoms with Gasteiger partial charge in [0.2, 0.25) is 0 Å². The van der Waals surface area contributed by atoms with Crippen LogP contribution in [0.5, 0.6) is 5.75 Å². The van der Waals surface area contributed by atoms with E-state index in [0.717, 1.165) is 11.3 Å². The number of thiazole rings is 1. The first-order valence-corrected chi connectivity index (χ1v) is 6.63. The summed E-state index contributed by atoms with van der Waals surface area (Å²) in [4.78, 5) is 15.6. The predicted octanol–water partition coefficient (Wildman–Crippen LogP) is 1.45. The van der Waals surface area contributed by atoms with Crippen molar-refractivity contribution in [1.82, 2.24) is 4.98 Å². The van der Waals surface area contributed by atoms with E-state index in [2.05, 4.69) is 15.6 Å². The second-order valence-corrected chi connectivity index (χ2v) is 4.98. The van der Waals surface area contributed by atoms with Crippen LogP contribution in [0.3, 0.4) is 0 Å². The molecule has 1 aliphatic heterocycles. The summed E-state index contributed by atoms with van der Waals surface area (Å²) in [6.07, 6.45) is 0. The number of fused-ring (bicyclic) bond motifs is 1. The zero-order chi connectivity index (χ0) is 14.1. The van der Waals surface area contributed by atoms with Crippen molar-refractivity contribution in [3.05, 3.63) is 23.6 Å². The van der Waals surface area contributed by atoms with Crippen LogP contribution in [0.15, 0.2) is 23.6 Å². The van der Waals surface area contributed by atoms with Gasteiger partial charge in [0.15, 0.2) is 17.7 Å². The van der Waals surface area contributed by atoms with Gasteiger partial charge in [-0.15, -0.1) is 11.3 Å². The summed E-state index contributed by atoms with van der Waals surface area (Å²) in [6, 6.07) is 5.46. The number of hydrogen-bond donors (Lipinski definition) is 4. The number of carbonyl (C=O) groups excluding carboxylic acids is 1. The molecule has 5 N–H and O–H groups in total. The molecule has 1 aromatic carbocycles. The van der Waals surface area contributed by atoms with Gasteiger partial charge in [-0.3, -0.25) is 10.2 Å². The normalized spacial score (nSPS) is 13.1. The highest BCUT2D eigenvalue weighted by molar-refractivity contribution is 7.14. The molecule has 0 fully saturated rings. The Balaban J connectivity index is 1.90. The first kappa shape index (κ1) is 12.4. The number of hydrogen-bond acceptors (Lipinski definition) is 5. The number of nitrogens with zero attached hydrogens (tertiary/aromatic N) is 1. The molecule has 0 radical (unpaired) electrons. The molecule has 0 unspecified atom stereocenters. The van der Waals surface area contributed by atoms with Crippen molar-refractivity contribution in [2.75, 3.05) is 17.2 Å². The lowest BCUT2D eigenvalue weighted by Crippen LogP contribution is -2.25. The van der Waals surface area contributed by atoms with Crippen LogP contribution in [0.4, 0.5) is 10.8 Å². The van der Waals surface area contributed by atoms with Gasteiger partial charge >= 0.3 is 0 Å². The lowest BCUT2D eigenvalue weighted by molar-refractivity contribution is -0.118. The molecular formula is C12H11N5O2S. The molecule has 0 saturated carbocycles. The smallest absolute Gasteiger partial charge is 0.262 e. The Morgan fingerprint density at radius 3 is 3.20 bits per heavy atom. The highest BCUT2D eigenvalue weighted by Gasteiger charge is 2.17. The number of amides is 1. The minimum Gasteiger partial charge on any atom is -0.482 e. The maximum Gasteiger partial charge on any atom is 0.262 e. The molecule has 3 rings (SSSR count). The van der Waals surface area contributed by atoms with Gasteiger partial charge in [0.1, 0.15) is 5.75 Å². The third-order valence-corrected chi connectivity index (χ3v) is 3.41. The van der Waals surface area contributed by atoms with Crippen molar-refractivity contribution in [1.29, 1.82) is 5.41 Å². The first-order valence-electron chi connectivity index (χ1n) is 5.75. The van der Waals surface area contributed by atoms with Crippen molar-refractivity contribution in [3.8, 4) is 17.0 Å². The molecule has 0 saturated heterocycles. The quantitative estimate of drug-likeness (QED) is 0.493. The number of aromatic nitrogens is 1. The number of ether oxygens (including phenoxy) is 1. The second-order valence-electron chi connectivity index (χ2n) is 4.12. The number of anilines is 2. The van der Waals surface area contributed by atoms with Gasteiger partial charge < -0.3 is 21.1 Å². The largest absolute Gasteiger partial charge is 0.482 e. The molecule has 7 nitrogen and oxygen atoms in total. The topological polar surface area (TPSA) is 113 Å². The maximum atomic E-state index is 11.3. The SMILES string of the molecule is N=C(N)Nc1nc(-c2ccc3c(c2)NC(=O)CO3)cs1. The van der Waals surface area contributed by atoms with Crippen LogP contribution in [0, 0.1) is 5.41 Å². The fraction of sp³-hybridized carbons (Fsp3) is 0.0833. The van der Waals surface area contributed by atoms with Crippen LogP contribution >= 0.6 is 11.3 Å². The molecule has 0 atom stereocenters. The maximum absolute atomic E-state index is 11.3. The van der Waals surface area contributed by atoms with E-state index in [4.69, 9.17) is 15.9 Å². The predicted molar refractivity (Wildman–Crippen MR) is 77.2 cm³/mol. The molecule has 20 heavy (non-hydrogen) atoms. The molecule has 1 aliphatic rings. The zero-order valence-corrected chi connectivity index (χ0v) is 11.1. The Labute approximate surface area is 118 Å². The van der Waals surface area contributed by atoms with Gasteiger partial charge in [-0.1, -0.05) is 0 Å². The number of rotatable bonds is 2. The van der Waals surface area contributed by atoms with Crippen molar-refractivity contribution in [2.45, 2.75) is 0 Å². The number of carbonyl (C=O) groups is 1. The fourth-order valence-electron chi connectivity index (χ4n) is 1.82. The monoisotopic (exact) mass is 289 g/mol. The fourth-order valence-corrected chi connectivity index (χ4v) is 2.55. The van der Waals surface area contributed by atoms with Crippen LogP contribution in [0.2, 0.25) is 0 Å². The average molecular weight is 289 g/mol. The Bertz CT molecular complexity index is 697. The summed E-state index contributed by atoms with van der Waals surface area (Å²) in [5, 5.41) is 14.9. The van der Waals surface area contributed by atoms with Crippen LogP contribution in [-0.2, 0) is 4.79 Å². The van der Waals surface area contributed by atoms with E-state index in [-0.39, 0.29) is 18.5 Å². The van der Waals surface area contributed by atoms with Gasteiger partial charge in [0.05, 0.1) is 11.4 Å². The minimum absolute atomic E-state index is 0.0374. The standard InChI is InChI=1S/C12H11N5O2S/c13-11(14)17-12-16-8(5-20-12)6-1-2-9-7(3-6)15-10(18)4-19-9/h1-3,5H,4H2,(H,15,18)(H4,13,14,16,17). The van der Waals surface area contributed by atoms with Crippen molar-refractivity contribution < 1.29 is 9.53 Å². The molecule has 0 spiro atoms. The molecule has 0 aliphatic carbocycles. The van der Waals surface area contributed by atoms with Crippen LogP contribution in [0.25, 0.3) is 11.3 Å². The Morgan fingerprint density at radius 1 is 1.55 bits per heavy atom. The van der Waals surface area contributed by atoms with E-state index in [1.165, 1.54) is 11.3 Å². The minimum atomic E-state index is -0.174. The molecule has 1 amide bonds. The second kappa shape index (κ2) is 4.82. The number of guanidine groups is 1. The number of nitrogens with two attached hydrogens (primary N) is 1. The Kier molecular flexibility index (Phi) is 2.99. The average Bonchev–Trinajstić information content (AvgIpc) is 2.85. The Hall–Kier alpha value is -2.61. The molecule has 8 heteroatoms. The van der Waals surface area contributed by atoms with E-state index in [1.807, 2.05) is 11.4 Å². The summed E-state index contributed by atoms with van der Waals surface area (Å²) in [6.45, 7) is 0.0374. The summed E-state index contributed by atoms with van der Waals surface area (Å²) < 4.78 is 5.30. The number of nitrogens with one attached hydrogen (secondary N) is 3. The van der Waals surface area contributed by atoms with Crippen LogP contribution < -0.4 is 21.1 Å². The van der Waals surface area contributed by atoms with Gasteiger partial charge in [0, 0.05) is 10.9 Å². The molecule has 1 aromatic heterocycles. The van der Waals surface area contributed by atoms with Crippen LogP contribution in [-0.4, -0.2) is 23.5 Å². The third-order valence-electron chi connectivity index (χ3n) is 2.65. The number of benzene rings is 1. The summed E-state index contributed by atoms with van der Waals surface area (Å²) in [5.41, 5.74) is 7.47. The van der Waals surface area contributed by atoms with Crippen molar-refractivity contribution >= 4 is 34.0 Å². The highest BCUT2D eigenvalue weighted by Crippen LogP contribution is 2.33. The molecule has 0 bridgehead atoms. The van der Waals surface area contributed by atoms with Gasteiger partial charge in [0.25, 0.3) is 5.91 Å². The van der Waals surface area contributed by atoms with Crippen LogP contribution in [0.1, 0.15) is 0 Å². The van der Waals surface area contributed by atoms with Gasteiger partial charge in [-0.25, -0.2) is 4.98 Å². The molecule has 2 heterocycles.